The number of esters is 1. The molecule has 1 saturated heterocycles. The molecule has 1 rings (SSSR count). The fourth-order valence-electron chi connectivity index (χ4n) is 8.86. The van der Waals surface area contributed by atoms with E-state index in [1.165, 1.54) is 128 Å². The van der Waals surface area contributed by atoms with Crippen molar-refractivity contribution in [3.05, 3.63) is 36.5 Å². The number of aliphatic hydroxyl groups is 5. The molecule has 0 spiro atoms. The molecular formula is C58H107NO10. The van der Waals surface area contributed by atoms with Gasteiger partial charge >= 0.3 is 5.97 Å². The second kappa shape index (κ2) is 46.9. The van der Waals surface area contributed by atoms with Gasteiger partial charge in [0.25, 0.3) is 0 Å². The average molecular weight is 978 g/mol. The van der Waals surface area contributed by atoms with Crippen molar-refractivity contribution in [2.75, 3.05) is 13.2 Å². The molecule has 1 heterocycles. The van der Waals surface area contributed by atoms with Crippen molar-refractivity contribution >= 4 is 11.9 Å². The molecule has 6 N–H and O–H groups in total. The van der Waals surface area contributed by atoms with E-state index in [0.29, 0.717) is 12.8 Å². The van der Waals surface area contributed by atoms with Crippen molar-refractivity contribution in [3.63, 3.8) is 0 Å². The zero-order valence-corrected chi connectivity index (χ0v) is 44.4. The number of unbranched alkanes of at least 4 members (excludes halogenated alkanes) is 30. The van der Waals surface area contributed by atoms with Gasteiger partial charge in [-0.25, -0.2) is 0 Å². The van der Waals surface area contributed by atoms with Gasteiger partial charge < -0.3 is 45.1 Å². The van der Waals surface area contributed by atoms with Crippen LogP contribution in [0.2, 0.25) is 0 Å². The van der Waals surface area contributed by atoms with Gasteiger partial charge in [0, 0.05) is 6.42 Å². The summed E-state index contributed by atoms with van der Waals surface area (Å²) in [6.45, 7) is 5.73. The highest BCUT2D eigenvalue weighted by Gasteiger charge is 2.47. The van der Waals surface area contributed by atoms with Crippen LogP contribution in [-0.2, 0) is 23.8 Å². The van der Waals surface area contributed by atoms with Crippen LogP contribution >= 0.6 is 0 Å². The lowest BCUT2D eigenvalue weighted by molar-refractivity contribution is -0.305. The van der Waals surface area contributed by atoms with Gasteiger partial charge in [-0.1, -0.05) is 218 Å². The monoisotopic (exact) mass is 978 g/mol. The molecule has 11 nitrogen and oxygen atoms in total. The van der Waals surface area contributed by atoms with E-state index in [4.69, 9.17) is 14.2 Å². The minimum Gasteiger partial charge on any atom is -0.454 e. The molecule has 0 aromatic heterocycles. The Bertz CT molecular complexity index is 1260. The molecule has 1 fully saturated rings. The van der Waals surface area contributed by atoms with Crippen LogP contribution in [0.5, 0.6) is 0 Å². The fraction of sp³-hybridized carbons (Fsp3) is 0.862. The predicted molar refractivity (Wildman–Crippen MR) is 283 cm³/mol. The number of hydrogen-bond donors (Lipinski definition) is 6. The van der Waals surface area contributed by atoms with Gasteiger partial charge in [0.1, 0.15) is 24.4 Å². The number of aliphatic hydroxyl groups excluding tert-OH is 5. The highest BCUT2D eigenvalue weighted by atomic mass is 16.7. The van der Waals surface area contributed by atoms with E-state index in [1.54, 1.807) is 6.08 Å². The number of allylic oxidation sites excluding steroid dienone is 5. The third kappa shape index (κ3) is 35.6. The number of nitrogens with one attached hydrogen (secondary N) is 1. The summed E-state index contributed by atoms with van der Waals surface area (Å²) in [5.74, 6) is -1.21. The van der Waals surface area contributed by atoms with Crippen molar-refractivity contribution < 1.29 is 49.3 Å². The highest BCUT2D eigenvalue weighted by molar-refractivity contribution is 5.80. The first-order valence-electron chi connectivity index (χ1n) is 28.8. The maximum Gasteiger partial charge on any atom is 0.306 e. The summed E-state index contributed by atoms with van der Waals surface area (Å²) >= 11 is 0. The first-order valence-corrected chi connectivity index (χ1v) is 28.8. The third-order valence-electron chi connectivity index (χ3n) is 13.5. The normalized spacial score (nSPS) is 20.0. The summed E-state index contributed by atoms with van der Waals surface area (Å²) in [4.78, 5) is 26.4. The Labute approximate surface area is 422 Å². The summed E-state index contributed by atoms with van der Waals surface area (Å²) in [5.41, 5.74) is 0. The lowest BCUT2D eigenvalue weighted by atomic mass is 9.99. The molecular weight excluding hydrogens is 871 g/mol. The van der Waals surface area contributed by atoms with Crippen LogP contribution in [0, 0.1) is 0 Å². The van der Waals surface area contributed by atoms with E-state index in [1.807, 2.05) is 6.08 Å². The van der Waals surface area contributed by atoms with Crippen molar-refractivity contribution in [3.8, 4) is 0 Å². The molecule has 11 heteroatoms. The highest BCUT2D eigenvalue weighted by Crippen LogP contribution is 2.26. The third-order valence-corrected chi connectivity index (χ3v) is 13.5. The topological polar surface area (TPSA) is 175 Å². The Morgan fingerprint density at radius 2 is 0.971 bits per heavy atom. The lowest BCUT2D eigenvalue weighted by Crippen LogP contribution is -2.61. The minimum atomic E-state index is -1.61. The maximum atomic E-state index is 13.3. The smallest absolute Gasteiger partial charge is 0.306 e. The van der Waals surface area contributed by atoms with Crippen LogP contribution in [0.25, 0.3) is 0 Å². The summed E-state index contributed by atoms with van der Waals surface area (Å²) < 4.78 is 17.6. The van der Waals surface area contributed by atoms with Gasteiger partial charge in [0.05, 0.1) is 25.4 Å². The first-order chi connectivity index (χ1) is 33.7. The standard InChI is InChI=1S/C58H107NO10/c1-4-7-10-13-16-19-22-24-25-26-27-29-31-34-37-40-43-46-53(63)69-56-55(65)54(64)52(47-60)68-58(56)67-48-49(50(61)44-41-38-35-33-30-28-23-20-17-14-11-8-5-2)59-57(66)51(62)45-42-39-36-32-21-18-15-12-9-6-3/h15,18,24-25,41,44,49-52,54-56,58,60-62,64-65H,4-14,16-17,19-23,26-40,42-43,45-48H2,1-3H3,(H,59,66)/b18-15-,25-24+,44-41+. The molecule has 0 aliphatic carbocycles. The van der Waals surface area contributed by atoms with Crippen LogP contribution in [0.3, 0.4) is 0 Å². The average Bonchev–Trinajstić information content (AvgIpc) is 3.34. The summed E-state index contributed by atoms with van der Waals surface area (Å²) in [5, 5.41) is 56.7. The largest absolute Gasteiger partial charge is 0.454 e. The van der Waals surface area contributed by atoms with E-state index in [9.17, 15) is 35.1 Å². The van der Waals surface area contributed by atoms with Crippen molar-refractivity contribution in [1.29, 1.82) is 0 Å². The number of carbonyl (C=O) groups excluding carboxylic acids is 2. The second-order valence-electron chi connectivity index (χ2n) is 20.0. The molecule has 1 amide bonds. The number of amides is 1. The zero-order chi connectivity index (χ0) is 50.4. The van der Waals surface area contributed by atoms with E-state index in [-0.39, 0.29) is 19.4 Å². The molecule has 69 heavy (non-hydrogen) atoms. The first kappa shape index (κ1) is 64.9. The molecule has 0 radical (unpaired) electrons. The van der Waals surface area contributed by atoms with Crippen LogP contribution < -0.4 is 5.32 Å². The number of hydrogen-bond acceptors (Lipinski definition) is 10. The molecule has 0 bridgehead atoms. The summed E-state index contributed by atoms with van der Waals surface area (Å²) in [6, 6.07) is -1.02. The van der Waals surface area contributed by atoms with Gasteiger partial charge in [0.15, 0.2) is 12.4 Å². The molecule has 0 saturated carbocycles. The molecule has 0 aromatic carbocycles. The van der Waals surface area contributed by atoms with E-state index >= 15 is 0 Å². The van der Waals surface area contributed by atoms with E-state index in [0.717, 1.165) is 83.5 Å². The van der Waals surface area contributed by atoms with E-state index in [2.05, 4.69) is 50.4 Å². The Morgan fingerprint density at radius 1 is 0.551 bits per heavy atom. The molecule has 8 unspecified atom stereocenters. The number of rotatable bonds is 48. The number of ether oxygens (including phenoxy) is 3. The van der Waals surface area contributed by atoms with Gasteiger partial charge in [-0.2, -0.15) is 0 Å². The van der Waals surface area contributed by atoms with E-state index < -0.39 is 67.4 Å². The molecule has 1 aliphatic heterocycles. The van der Waals surface area contributed by atoms with Gasteiger partial charge in [0.2, 0.25) is 5.91 Å². The molecule has 8 atom stereocenters. The van der Waals surface area contributed by atoms with Crippen molar-refractivity contribution in [1.82, 2.24) is 5.32 Å². The van der Waals surface area contributed by atoms with Gasteiger partial charge in [-0.05, 0) is 70.6 Å². The Morgan fingerprint density at radius 3 is 1.45 bits per heavy atom. The second-order valence-corrected chi connectivity index (χ2v) is 20.0. The SMILES string of the molecule is CCCC/C=C\CCCCCCC(O)C(=O)NC(COC1OC(CO)C(O)C(O)C1OC(=O)CCCCCCCCC/C=C/CCCCCCCC)C(O)/C=C/CCCCCCCCCCCCC. The quantitative estimate of drug-likeness (QED) is 0.0196. The Hall–Kier alpha value is -2.12. The van der Waals surface area contributed by atoms with Gasteiger partial charge in [-0.3, -0.25) is 9.59 Å². The van der Waals surface area contributed by atoms with Crippen LogP contribution in [0.4, 0.5) is 0 Å². The van der Waals surface area contributed by atoms with Crippen LogP contribution in [0.15, 0.2) is 36.5 Å². The Balaban J connectivity index is 2.72. The van der Waals surface area contributed by atoms with Crippen LogP contribution in [-0.4, -0.2) is 99.6 Å². The van der Waals surface area contributed by atoms with Crippen molar-refractivity contribution in [2.24, 2.45) is 0 Å². The van der Waals surface area contributed by atoms with Crippen molar-refractivity contribution in [2.45, 2.75) is 307 Å². The fourth-order valence-corrected chi connectivity index (χ4v) is 8.86. The Kier molecular flexibility index (Phi) is 44.1. The lowest BCUT2D eigenvalue weighted by Gasteiger charge is -2.41. The summed E-state index contributed by atoms with van der Waals surface area (Å²) in [6.07, 6.45) is 43.3. The maximum absolute atomic E-state index is 13.3. The minimum absolute atomic E-state index is 0.119. The molecule has 404 valence electrons. The molecule has 0 aromatic rings. The molecule has 1 aliphatic rings. The van der Waals surface area contributed by atoms with Crippen LogP contribution in [0.1, 0.15) is 258 Å². The predicted octanol–water partition coefficient (Wildman–Crippen LogP) is 12.7. The van der Waals surface area contributed by atoms with Gasteiger partial charge in [-0.15, -0.1) is 0 Å². The summed E-state index contributed by atoms with van der Waals surface area (Å²) in [7, 11) is 0. The zero-order valence-electron chi connectivity index (χ0n) is 44.4. The number of carbonyl (C=O) groups is 2.